The number of hydrogen-bond acceptors (Lipinski definition) is 4. The maximum atomic E-state index is 5.91. The molecular formula is C17H15ClN2OS. The van der Waals surface area contributed by atoms with Crippen molar-refractivity contribution in [2.45, 2.75) is 6.92 Å². The van der Waals surface area contributed by atoms with Gasteiger partial charge in [-0.3, -0.25) is 0 Å². The molecule has 0 saturated heterocycles. The Bertz CT molecular complexity index is 755. The van der Waals surface area contributed by atoms with E-state index in [0.717, 1.165) is 32.8 Å². The molecule has 3 rings (SSSR count). The number of para-hydroxylation sites is 2. The lowest BCUT2D eigenvalue weighted by Gasteiger charge is -2.09. The highest BCUT2D eigenvalue weighted by Gasteiger charge is 2.07. The molecule has 1 aromatic heterocycles. The van der Waals surface area contributed by atoms with Crippen LogP contribution in [0.15, 0.2) is 53.9 Å². The minimum absolute atomic E-state index is 0.632. The van der Waals surface area contributed by atoms with Gasteiger partial charge in [-0.05, 0) is 31.2 Å². The van der Waals surface area contributed by atoms with Crippen molar-refractivity contribution >= 4 is 33.8 Å². The Kier molecular flexibility index (Phi) is 4.61. The summed E-state index contributed by atoms with van der Waals surface area (Å²) < 4.78 is 5.61. The molecule has 3 aromatic rings. The van der Waals surface area contributed by atoms with E-state index in [1.54, 1.807) is 11.3 Å². The fourth-order valence-electron chi connectivity index (χ4n) is 2.05. The summed E-state index contributed by atoms with van der Waals surface area (Å²) in [5, 5.41) is 6.89. The maximum Gasteiger partial charge on any atom is 0.187 e. The quantitative estimate of drug-likeness (QED) is 0.660. The Hall–Kier alpha value is -2.04. The monoisotopic (exact) mass is 330 g/mol. The standard InChI is InChI=1S/C17H15ClN2OS/c1-2-21-16-6-4-3-5-14(16)19-17-20-15(11-22-17)12-7-9-13(18)10-8-12/h3-11H,2H2,1H3,(H,19,20). The van der Waals surface area contributed by atoms with Gasteiger partial charge in [-0.25, -0.2) is 4.98 Å². The highest BCUT2D eigenvalue weighted by atomic mass is 35.5. The lowest BCUT2D eigenvalue weighted by molar-refractivity contribution is 0.342. The van der Waals surface area contributed by atoms with Gasteiger partial charge in [0.15, 0.2) is 5.13 Å². The molecule has 0 aliphatic heterocycles. The Morgan fingerprint density at radius 3 is 2.68 bits per heavy atom. The molecule has 22 heavy (non-hydrogen) atoms. The average Bonchev–Trinajstić information content (AvgIpc) is 2.99. The summed E-state index contributed by atoms with van der Waals surface area (Å²) in [5.74, 6) is 0.827. The molecule has 0 unspecified atom stereocenters. The number of benzene rings is 2. The van der Waals surface area contributed by atoms with Crippen molar-refractivity contribution < 1.29 is 4.74 Å². The molecule has 5 heteroatoms. The van der Waals surface area contributed by atoms with Crippen LogP contribution in [-0.2, 0) is 0 Å². The number of nitrogens with one attached hydrogen (secondary N) is 1. The van der Waals surface area contributed by atoms with E-state index in [-0.39, 0.29) is 0 Å². The van der Waals surface area contributed by atoms with Gasteiger partial charge in [-0.1, -0.05) is 35.9 Å². The van der Waals surface area contributed by atoms with Crippen LogP contribution in [0.1, 0.15) is 6.92 Å². The predicted molar refractivity (Wildman–Crippen MR) is 93.5 cm³/mol. The topological polar surface area (TPSA) is 34.1 Å². The van der Waals surface area contributed by atoms with E-state index >= 15 is 0 Å². The van der Waals surface area contributed by atoms with Gasteiger partial charge in [0, 0.05) is 16.0 Å². The lowest BCUT2D eigenvalue weighted by Crippen LogP contribution is -1.97. The Morgan fingerprint density at radius 1 is 1.14 bits per heavy atom. The zero-order valence-electron chi connectivity index (χ0n) is 12.0. The van der Waals surface area contributed by atoms with Gasteiger partial charge in [0.25, 0.3) is 0 Å². The molecule has 0 amide bonds. The van der Waals surface area contributed by atoms with Crippen molar-refractivity contribution in [2.75, 3.05) is 11.9 Å². The number of hydrogen-bond donors (Lipinski definition) is 1. The summed E-state index contributed by atoms with van der Waals surface area (Å²) in [6.45, 7) is 2.60. The molecule has 0 aliphatic rings. The molecule has 2 aromatic carbocycles. The SMILES string of the molecule is CCOc1ccccc1Nc1nc(-c2ccc(Cl)cc2)cs1. The Labute approximate surface area is 138 Å². The second-order valence-corrected chi connectivity index (χ2v) is 5.89. The average molecular weight is 331 g/mol. The first-order valence-electron chi connectivity index (χ1n) is 6.96. The maximum absolute atomic E-state index is 5.91. The van der Waals surface area contributed by atoms with Crippen molar-refractivity contribution in [3.8, 4) is 17.0 Å². The molecule has 1 N–H and O–H groups in total. The second kappa shape index (κ2) is 6.81. The molecule has 0 fully saturated rings. The predicted octanol–water partition coefficient (Wildman–Crippen LogP) is 5.61. The van der Waals surface area contributed by atoms with E-state index in [9.17, 15) is 0 Å². The second-order valence-electron chi connectivity index (χ2n) is 4.60. The molecule has 112 valence electrons. The molecule has 3 nitrogen and oxygen atoms in total. The third-order valence-electron chi connectivity index (χ3n) is 3.07. The summed E-state index contributed by atoms with van der Waals surface area (Å²) in [6, 6.07) is 15.5. The van der Waals surface area contributed by atoms with E-state index < -0.39 is 0 Å². The van der Waals surface area contributed by atoms with Crippen LogP contribution in [0.3, 0.4) is 0 Å². The minimum Gasteiger partial charge on any atom is -0.492 e. The van der Waals surface area contributed by atoms with E-state index in [1.165, 1.54) is 0 Å². The summed E-state index contributed by atoms with van der Waals surface area (Å²) in [7, 11) is 0. The van der Waals surface area contributed by atoms with Crippen molar-refractivity contribution in [2.24, 2.45) is 0 Å². The molecule has 0 spiro atoms. The summed E-state index contributed by atoms with van der Waals surface area (Å²) in [5.41, 5.74) is 2.89. The van der Waals surface area contributed by atoms with Gasteiger partial charge in [-0.15, -0.1) is 11.3 Å². The lowest BCUT2D eigenvalue weighted by atomic mass is 10.2. The highest BCUT2D eigenvalue weighted by Crippen LogP contribution is 2.31. The normalized spacial score (nSPS) is 10.5. The van der Waals surface area contributed by atoms with E-state index in [4.69, 9.17) is 16.3 Å². The van der Waals surface area contributed by atoms with Crippen LogP contribution >= 0.6 is 22.9 Å². The summed E-state index contributed by atoms with van der Waals surface area (Å²) in [6.07, 6.45) is 0. The van der Waals surface area contributed by atoms with Crippen molar-refractivity contribution in [3.05, 3.63) is 58.9 Å². The first kappa shape index (κ1) is 14.9. The number of halogens is 1. The van der Waals surface area contributed by atoms with Gasteiger partial charge in [0.05, 0.1) is 18.0 Å². The number of thiazole rings is 1. The Morgan fingerprint density at radius 2 is 1.91 bits per heavy atom. The van der Waals surface area contributed by atoms with E-state index in [2.05, 4.69) is 10.3 Å². The number of rotatable bonds is 5. The van der Waals surface area contributed by atoms with Gasteiger partial charge in [0.2, 0.25) is 0 Å². The van der Waals surface area contributed by atoms with Crippen LogP contribution in [-0.4, -0.2) is 11.6 Å². The Balaban J connectivity index is 1.81. The molecule has 0 aliphatic carbocycles. The minimum atomic E-state index is 0.632. The molecule has 0 bridgehead atoms. The fraction of sp³-hybridized carbons (Fsp3) is 0.118. The molecule has 0 atom stereocenters. The van der Waals surface area contributed by atoms with Gasteiger partial charge in [0.1, 0.15) is 5.75 Å². The molecule has 0 saturated carbocycles. The van der Waals surface area contributed by atoms with Crippen molar-refractivity contribution in [3.63, 3.8) is 0 Å². The van der Waals surface area contributed by atoms with Crippen LogP contribution in [0.2, 0.25) is 5.02 Å². The number of aromatic nitrogens is 1. The van der Waals surface area contributed by atoms with Crippen LogP contribution in [0, 0.1) is 0 Å². The van der Waals surface area contributed by atoms with Crippen molar-refractivity contribution in [1.29, 1.82) is 0 Å². The largest absolute Gasteiger partial charge is 0.492 e. The van der Waals surface area contributed by atoms with Crippen LogP contribution in [0.4, 0.5) is 10.8 Å². The zero-order chi connectivity index (χ0) is 15.4. The van der Waals surface area contributed by atoms with Crippen LogP contribution in [0.25, 0.3) is 11.3 Å². The molecular weight excluding hydrogens is 316 g/mol. The van der Waals surface area contributed by atoms with E-state index in [0.29, 0.717) is 6.61 Å². The third kappa shape index (κ3) is 3.40. The van der Waals surface area contributed by atoms with Gasteiger partial charge >= 0.3 is 0 Å². The van der Waals surface area contributed by atoms with Gasteiger partial charge < -0.3 is 10.1 Å². The number of anilines is 2. The summed E-state index contributed by atoms with van der Waals surface area (Å²) >= 11 is 7.47. The smallest absolute Gasteiger partial charge is 0.187 e. The van der Waals surface area contributed by atoms with Gasteiger partial charge in [-0.2, -0.15) is 0 Å². The zero-order valence-corrected chi connectivity index (χ0v) is 13.6. The first-order chi connectivity index (χ1) is 10.8. The van der Waals surface area contributed by atoms with Crippen molar-refractivity contribution in [1.82, 2.24) is 4.98 Å². The number of nitrogens with zero attached hydrogens (tertiary/aromatic N) is 1. The highest BCUT2D eigenvalue weighted by molar-refractivity contribution is 7.14. The fourth-order valence-corrected chi connectivity index (χ4v) is 2.91. The molecule has 1 heterocycles. The van der Waals surface area contributed by atoms with E-state index in [1.807, 2.05) is 60.8 Å². The third-order valence-corrected chi connectivity index (χ3v) is 4.08. The first-order valence-corrected chi connectivity index (χ1v) is 8.22. The van der Waals surface area contributed by atoms with Crippen LogP contribution in [0.5, 0.6) is 5.75 Å². The summed E-state index contributed by atoms with van der Waals surface area (Å²) in [4.78, 5) is 4.62. The molecule has 0 radical (unpaired) electrons. The van der Waals surface area contributed by atoms with Crippen LogP contribution < -0.4 is 10.1 Å². The number of ether oxygens (including phenoxy) is 1.